The minimum atomic E-state index is -3.63. The van der Waals surface area contributed by atoms with Crippen LogP contribution in [0.1, 0.15) is 65.5 Å². The van der Waals surface area contributed by atoms with Crippen molar-refractivity contribution in [2.24, 2.45) is 29.6 Å². The van der Waals surface area contributed by atoms with E-state index in [1.54, 1.807) is 13.8 Å². The van der Waals surface area contributed by atoms with Crippen molar-refractivity contribution in [2.45, 2.75) is 78.1 Å². The van der Waals surface area contributed by atoms with Gasteiger partial charge >= 0.3 is 13.6 Å². The molecular weight excluding hydrogens is 501 g/mol. The van der Waals surface area contributed by atoms with E-state index in [0.29, 0.717) is 17.8 Å². The van der Waals surface area contributed by atoms with Crippen LogP contribution in [0.4, 0.5) is 0 Å². The number of cyclic esters (lactones) is 1. The fourth-order valence-electron chi connectivity index (χ4n) is 6.83. The number of carbonyl (C=O) groups is 1. The number of fused-ring (bicyclic) bond motifs is 2. The summed E-state index contributed by atoms with van der Waals surface area (Å²) in [6, 6.07) is 13.9. The lowest BCUT2D eigenvalue weighted by molar-refractivity contribution is -0.196. The van der Waals surface area contributed by atoms with Crippen molar-refractivity contribution in [2.75, 3.05) is 13.2 Å². The van der Waals surface area contributed by atoms with Gasteiger partial charge in [0, 0.05) is 6.04 Å². The SMILES string of the molecule is CCOP(=O)(OCC)[C@@H]1N[C@H](c2ccc3ccccc3c2)[C@@H]2C(=O)O[C@@H](O[C@@H]3C[C@H](C)CC[C@H]3C(C)C)[C@@H]21. The monoisotopic (exact) mass is 543 g/mol. The molecule has 2 aliphatic heterocycles. The first-order valence-electron chi connectivity index (χ1n) is 14.2. The standard InChI is InChI=1S/C30H42NO6P/c1-6-34-38(33,35-7-2)28-26-25(27(31-28)22-14-13-20-10-8-9-11-21(20)17-22)29(32)37-30(26)36-24-16-19(5)12-15-23(24)18(3)4/h8-11,13-14,17-19,23-28,30-31H,6-7,12,15-16H2,1-5H3/t19-,23+,24-,25-,26+,27-,28+,30-/m1/s1. The zero-order chi connectivity index (χ0) is 27.0. The molecule has 208 valence electrons. The molecule has 2 saturated heterocycles. The second-order valence-corrected chi connectivity index (χ2v) is 13.6. The fraction of sp³-hybridized carbons (Fsp3) is 0.633. The predicted octanol–water partition coefficient (Wildman–Crippen LogP) is 6.67. The van der Waals surface area contributed by atoms with Crippen LogP contribution in [0.2, 0.25) is 0 Å². The molecule has 0 unspecified atom stereocenters. The van der Waals surface area contributed by atoms with Gasteiger partial charge in [-0.05, 0) is 66.8 Å². The van der Waals surface area contributed by atoms with Crippen LogP contribution in [0.3, 0.4) is 0 Å². The molecule has 0 spiro atoms. The molecule has 2 aromatic rings. The molecule has 0 aromatic heterocycles. The number of rotatable bonds is 9. The van der Waals surface area contributed by atoms with Gasteiger partial charge < -0.3 is 18.5 Å². The highest BCUT2D eigenvalue weighted by molar-refractivity contribution is 7.54. The Labute approximate surface area is 226 Å². The number of benzene rings is 2. The molecule has 7 nitrogen and oxygen atoms in total. The Hall–Kier alpha value is -1.76. The third-order valence-electron chi connectivity index (χ3n) is 8.67. The average Bonchev–Trinajstić information content (AvgIpc) is 3.43. The van der Waals surface area contributed by atoms with Gasteiger partial charge in [-0.1, -0.05) is 63.6 Å². The lowest BCUT2D eigenvalue weighted by Gasteiger charge is -2.39. The summed E-state index contributed by atoms with van der Waals surface area (Å²) in [4.78, 5) is 13.5. The van der Waals surface area contributed by atoms with Crippen molar-refractivity contribution in [3.8, 4) is 0 Å². The smallest absolute Gasteiger partial charge is 0.347 e. The number of carbonyl (C=O) groups excluding carboxylic acids is 1. The van der Waals surface area contributed by atoms with E-state index in [1.165, 1.54) is 6.42 Å². The number of esters is 1. The molecule has 38 heavy (non-hydrogen) atoms. The van der Waals surface area contributed by atoms with Gasteiger partial charge in [0.2, 0.25) is 6.29 Å². The Morgan fingerprint density at radius 3 is 2.45 bits per heavy atom. The van der Waals surface area contributed by atoms with Gasteiger partial charge in [-0.25, -0.2) is 0 Å². The Morgan fingerprint density at radius 1 is 1.05 bits per heavy atom. The molecule has 0 radical (unpaired) electrons. The van der Waals surface area contributed by atoms with Crippen LogP contribution in [0.25, 0.3) is 10.8 Å². The van der Waals surface area contributed by atoms with Crippen molar-refractivity contribution >= 4 is 24.3 Å². The van der Waals surface area contributed by atoms with Gasteiger partial charge in [-0.3, -0.25) is 14.7 Å². The van der Waals surface area contributed by atoms with Crippen LogP contribution in [0.5, 0.6) is 0 Å². The van der Waals surface area contributed by atoms with Crippen molar-refractivity contribution in [1.82, 2.24) is 5.32 Å². The number of nitrogens with one attached hydrogen (secondary N) is 1. The zero-order valence-corrected chi connectivity index (χ0v) is 24.1. The van der Waals surface area contributed by atoms with E-state index in [0.717, 1.165) is 29.2 Å². The highest BCUT2D eigenvalue weighted by Crippen LogP contribution is 2.62. The molecule has 3 aliphatic rings. The second kappa shape index (κ2) is 11.4. The van der Waals surface area contributed by atoms with Crippen molar-refractivity contribution < 1.29 is 27.9 Å². The molecule has 2 heterocycles. The topological polar surface area (TPSA) is 83.1 Å². The molecule has 0 amide bonds. The summed E-state index contributed by atoms with van der Waals surface area (Å²) in [5.41, 5.74) is 0.949. The van der Waals surface area contributed by atoms with E-state index in [1.807, 2.05) is 18.2 Å². The Morgan fingerprint density at radius 2 is 1.76 bits per heavy atom. The van der Waals surface area contributed by atoms with Crippen LogP contribution in [-0.2, 0) is 27.9 Å². The molecule has 5 rings (SSSR count). The van der Waals surface area contributed by atoms with Crippen molar-refractivity contribution in [1.29, 1.82) is 0 Å². The summed E-state index contributed by atoms with van der Waals surface area (Å²) >= 11 is 0. The van der Waals surface area contributed by atoms with Crippen molar-refractivity contribution in [3.63, 3.8) is 0 Å². The van der Waals surface area contributed by atoms with Gasteiger partial charge in [-0.2, -0.15) is 0 Å². The third kappa shape index (κ3) is 5.21. The van der Waals surface area contributed by atoms with Crippen LogP contribution < -0.4 is 5.32 Å². The maximum absolute atomic E-state index is 14.2. The predicted molar refractivity (Wildman–Crippen MR) is 148 cm³/mol. The minimum Gasteiger partial charge on any atom is -0.435 e. The lowest BCUT2D eigenvalue weighted by Crippen LogP contribution is -2.42. The highest BCUT2D eigenvalue weighted by atomic mass is 31.2. The van der Waals surface area contributed by atoms with Gasteiger partial charge in [0.15, 0.2) is 0 Å². The Balaban J connectivity index is 1.52. The fourth-order valence-corrected chi connectivity index (χ4v) is 9.03. The molecule has 8 heteroatoms. The van der Waals surface area contributed by atoms with E-state index in [2.05, 4.69) is 50.4 Å². The highest BCUT2D eigenvalue weighted by Gasteiger charge is 2.64. The lowest BCUT2D eigenvalue weighted by atomic mass is 9.75. The summed E-state index contributed by atoms with van der Waals surface area (Å²) in [6.07, 6.45) is 2.37. The van der Waals surface area contributed by atoms with E-state index >= 15 is 0 Å². The summed E-state index contributed by atoms with van der Waals surface area (Å²) in [5, 5.41) is 5.74. The molecule has 1 saturated carbocycles. The number of hydrogen-bond acceptors (Lipinski definition) is 7. The Bertz CT molecular complexity index is 1180. The number of hydrogen-bond donors (Lipinski definition) is 1. The van der Waals surface area contributed by atoms with E-state index in [-0.39, 0.29) is 25.3 Å². The van der Waals surface area contributed by atoms with E-state index < -0.39 is 37.5 Å². The summed E-state index contributed by atoms with van der Waals surface area (Å²) in [7, 11) is -3.63. The van der Waals surface area contributed by atoms with Gasteiger partial charge in [-0.15, -0.1) is 0 Å². The minimum absolute atomic E-state index is 0.0192. The summed E-state index contributed by atoms with van der Waals surface area (Å²) < 4.78 is 38.5. The molecule has 8 atom stereocenters. The Kier molecular flexibility index (Phi) is 8.33. The summed E-state index contributed by atoms with van der Waals surface area (Å²) in [6.45, 7) is 10.8. The number of ether oxygens (including phenoxy) is 2. The van der Waals surface area contributed by atoms with Crippen LogP contribution in [0, 0.1) is 29.6 Å². The van der Waals surface area contributed by atoms with Crippen LogP contribution in [-0.4, -0.2) is 37.4 Å². The molecule has 0 bridgehead atoms. The van der Waals surface area contributed by atoms with Crippen LogP contribution >= 0.6 is 7.60 Å². The van der Waals surface area contributed by atoms with Crippen LogP contribution in [0.15, 0.2) is 42.5 Å². The first-order valence-corrected chi connectivity index (χ1v) is 15.9. The van der Waals surface area contributed by atoms with E-state index in [4.69, 9.17) is 18.5 Å². The van der Waals surface area contributed by atoms with Gasteiger partial charge in [0.25, 0.3) is 0 Å². The third-order valence-corrected chi connectivity index (χ3v) is 11.1. The zero-order valence-electron chi connectivity index (χ0n) is 23.2. The quantitative estimate of drug-likeness (QED) is 0.279. The van der Waals surface area contributed by atoms with Gasteiger partial charge in [0.05, 0.1) is 31.2 Å². The molecule has 2 aromatic carbocycles. The normalized spacial score (nSPS) is 33.6. The first-order chi connectivity index (χ1) is 18.3. The molecular formula is C30H42NO6P. The molecule has 1 N–H and O–H groups in total. The first kappa shape index (κ1) is 27.8. The average molecular weight is 544 g/mol. The maximum Gasteiger partial charge on any atom is 0.347 e. The maximum atomic E-state index is 14.2. The van der Waals surface area contributed by atoms with Crippen molar-refractivity contribution in [3.05, 3.63) is 48.0 Å². The van der Waals surface area contributed by atoms with Gasteiger partial charge in [0.1, 0.15) is 5.78 Å². The molecule has 1 aliphatic carbocycles. The molecule has 3 fully saturated rings. The summed E-state index contributed by atoms with van der Waals surface area (Å²) in [5.74, 6) is -0.702. The second-order valence-electron chi connectivity index (χ2n) is 11.5. The van der Waals surface area contributed by atoms with E-state index in [9.17, 15) is 9.36 Å². The largest absolute Gasteiger partial charge is 0.435 e.